The molecule has 0 amide bonds. The maximum atomic E-state index is 11.0. The zero-order valence-corrected chi connectivity index (χ0v) is 13.6. The molecule has 0 aliphatic rings. The van der Waals surface area contributed by atoms with Gasteiger partial charge < -0.3 is 30.6 Å². The molecule has 0 aliphatic carbocycles. The lowest BCUT2D eigenvalue weighted by Gasteiger charge is -2.19. The van der Waals surface area contributed by atoms with Gasteiger partial charge in [-0.25, -0.2) is 9.59 Å². The highest BCUT2D eigenvalue weighted by atomic mass is 32.2. The van der Waals surface area contributed by atoms with Gasteiger partial charge in [0.15, 0.2) is 0 Å². The van der Waals surface area contributed by atoms with Crippen molar-refractivity contribution in [2.45, 2.75) is 5.25 Å². The summed E-state index contributed by atoms with van der Waals surface area (Å²) in [6.45, 7) is 0. The lowest BCUT2D eigenvalue weighted by Crippen LogP contribution is -2.03. The predicted molar refractivity (Wildman–Crippen MR) is 88.8 cm³/mol. The van der Waals surface area contributed by atoms with Gasteiger partial charge in [0.25, 0.3) is 0 Å². The minimum absolute atomic E-state index is 0.0905. The van der Waals surface area contributed by atoms with Gasteiger partial charge in [-0.15, -0.1) is 0 Å². The van der Waals surface area contributed by atoms with Crippen LogP contribution in [0.1, 0.15) is 37.1 Å². The molecule has 0 heterocycles. The van der Waals surface area contributed by atoms with Crippen LogP contribution < -0.4 is 0 Å². The molecule has 6 N–H and O–H groups in total. The SMILES string of the molecule is CSC(c1cc(O)c(C(=O)O)cc1O)c1cc(O)c(C(=O)O)cc1O. The number of phenolic OH excluding ortho intramolecular Hbond substituents is 2. The van der Waals surface area contributed by atoms with Crippen molar-refractivity contribution in [2.75, 3.05) is 6.26 Å². The predicted octanol–water partition coefficient (Wildman–Crippen LogP) is 2.36. The first-order valence-electron chi connectivity index (χ1n) is 6.78. The number of aromatic hydroxyl groups is 4. The Balaban J connectivity index is 2.62. The molecule has 0 unspecified atom stereocenters. The topological polar surface area (TPSA) is 156 Å². The number of hydrogen-bond acceptors (Lipinski definition) is 7. The Morgan fingerprint density at radius 2 is 1.12 bits per heavy atom. The fourth-order valence-electron chi connectivity index (χ4n) is 2.37. The molecule has 0 aliphatic heterocycles. The van der Waals surface area contributed by atoms with E-state index in [2.05, 4.69) is 0 Å². The number of carbonyl (C=O) groups is 2. The molecule has 2 aromatic carbocycles. The Kier molecular flexibility index (Phi) is 4.98. The van der Waals surface area contributed by atoms with E-state index in [0.29, 0.717) is 0 Å². The van der Waals surface area contributed by atoms with Crippen LogP contribution in [0.15, 0.2) is 24.3 Å². The first-order valence-corrected chi connectivity index (χ1v) is 8.07. The molecular weight excluding hydrogens is 352 g/mol. The van der Waals surface area contributed by atoms with Gasteiger partial charge in [-0.1, -0.05) is 0 Å². The molecule has 0 bridgehead atoms. The molecule has 0 atom stereocenters. The third-order valence-electron chi connectivity index (χ3n) is 3.55. The molecular formula is C16H14O8S. The number of carboxylic acid groups (broad SMARTS) is 2. The van der Waals surface area contributed by atoms with Crippen molar-refractivity contribution in [1.29, 1.82) is 0 Å². The third-order valence-corrected chi connectivity index (χ3v) is 4.53. The monoisotopic (exact) mass is 366 g/mol. The first-order chi connectivity index (χ1) is 11.7. The average Bonchev–Trinajstić information content (AvgIpc) is 2.53. The number of benzene rings is 2. The van der Waals surface area contributed by atoms with Gasteiger partial charge in [-0.2, -0.15) is 11.8 Å². The summed E-state index contributed by atoms with van der Waals surface area (Å²) < 4.78 is 0. The Bertz CT molecular complexity index is 792. The maximum Gasteiger partial charge on any atom is 0.339 e. The number of carboxylic acids is 2. The molecule has 2 rings (SSSR count). The minimum atomic E-state index is -1.42. The Morgan fingerprint density at radius 3 is 1.40 bits per heavy atom. The summed E-state index contributed by atoms with van der Waals surface area (Å²) >= 11 is 1.11. The summed E-state index contributed by atoms with van der Waals surface area (Å²) in [5, 5.41) is 57.0. The van der Waals surface area contributed by atoms with Crippen LogP contribution in [0.4, 0.5) is 0 Å². The van der Waals surface area contributed by atoms with Crippen LogP contribution in [-0.4, -0.2) is 48.8 Å². The lowest BCUT2D eigenvalue weighted by molar-refractivity contribution is 0.0682. The van der Waals surface area contributed by atoms with E-state index in [0.717, 1.165) is 36.0 Å². The molecule has 2 aromatic rings. The summed E-state index contributed by atoms with van der Waals surface area (Å²) in [5.74, 6) is -4.88. The van der Waals surface area contributed by atoms with Crippen molar-refractivity contribution in [3.05, 3.63) is 46.5 Å². The van der Waals surface area contributed by atoms with E-state index in [9.17, 15) is 30.0 Å². The van der Waals surface area contributed by atoms with Gasteiger partial charge in [-0.3, -0.25) is 0 Å². The van der Waals surface area contributed by atoms with E-state index < -0.39 is 51.3 Å². The van der Waals surface area contributed by atoms with Gasteiger partial charge in [-0.05, 0) is 30.5 Å². The fourth-order valence-corrected chi connectivity index (χ4v) is 3.26. The molecule has 0 saturated carbocycles. The minimum Gasteiger partial charge on any atom is -0.508 e. The number of thioether (sulfide) groups is 1. The molecule has 132 valence electrons. The van der Waals surface area contributed by atoms with Crippen molar-refractivity contribution in [1.82, 2.24) is 0 Å². The smallest absolute Gasteiger partial charge is 0.339 e. The van der Waals surface area contributed by atoms with Crippen molar-refractivity contribution in [3.63, 3.8) is 0 Å². The zero-order valence-electron chi connectivity index (χ0n) is 12.8. The number of aromatic carboxylic acids is 2. The van der Waals surface area contributed by atoms with Gasteiger partial charge in [0.1, 0.15) is 34.1 Å². The fraction of sp³-hybridized carbons (Fsp3) is 0.125. The number of phenols is 4. The Labute approximate surface area is 145 Å². The van der Waals surface area contributed by atoms with Crippen LogP contribution in [0, 0.1) is 0 Å². The highest BCUT2D eigenvalue weighted by Crippen LogP contribution is 2.45. The van der Waals surface area contributed by atoms with E-state index in [4.69, 9.17) is 10.2 Å². The van der Waals surface area contributed by atoms with Gasteiger partial charge in [0.2, 0.25) is 0 Å². The van der Waals surface area contributed by atoms with Crippen LogP contribution in [0.3, 0.4) is 0 Å². The second-order valence-electron chi connectivity index (χ2n) is 5.08. The van der Waals surface area contributed by atoms with Crippen molar-refractivity contribution < 1.29 is 40.2 Å². The van der Waals surface area contributed by atoms with Crippen molar-refractivity contribution in [2.24, 2.45) is 0 Å². The second kappa shape index (κ2) is 6.81. The number of hydrogen-bond donors (Lipinski definition) is 6. The van der Waals surface area contributed by atoms with E-state index in [1.807, 2.05) is 0 Å². The van der Waals surface area contributed by atoms with Crippen LogP contribution in [0.5, 0.6) is 23.0 Å². The van der Waals surface area contributed by atoms with E-state index >= 15 is 0 Å². The summed E-state index contributed by atoms with van der Waals surface area (Å²) in [6.07, 6.45) is 1.62. The van der Waals surface area contributed by atoms with Crippen molar-refractivity contribution in [3.8, 4) is 23.0 Å². The van der Waals surface area contributed by atoms with E-state index in [1.54, 1.807) is 6.26 Å². The summed E-state index contributed by atoms with van der Waals surface area (Å²) in [4.78, 5) is 22.0. The van der Waals surface area contributed by atoms with E-state index in [-0.39, 0.29) is 11.1 Å². The summed E-state index contributed by atoms with van der Waals surface area (Å²) in [7, 11) is 0. The molecule has 8 nitrogen and oxygen atoms in total. The average molecular weight is 366 g/mol. The maximum absolute atomic E-state index is 11.0. The van der Waals surface area contributed by atoms with E-state index in [1.165, 1.54) is 0 Å². The Hall–Kier alpha value is -3.07. The van der Waals surface area contributed by atoms with Crippen LogP contribution in [0.2, 0.25) is 0 Å². The molecule has 0 fully saturated rings. The molecule has 0 aromatic heterocycles. The third kappa shape index (κ3) is 3.41. The molecule has 0 radical (unpaired) electrons. The van der Waals surface area contributed by atoms with Gasteiger partial charge in [0.05, 0.1) is 5.25 Å². The van der Waals surface area contributed by atoms with Crippen LogP contribution >= 0.6 is 11.8 Å². The van der Waals surface area contributed by atoms with Gasteiger partial charge in [0, 0.05) is 11.1 Å². The van der Waals surface area contributed by atoms with Crippen LogP contribution in [-0.2, 0) is 0 Å². The summed E-state index contributed by atoms with van der Waals surface area (Å²) in [6, 6.07) is 3.83. The zero-order chi connectivity index (χ0) is 18.9. The normalized spacial score (nSPS) is 10.8. The van der Waals surface area contributed by atoms with Crippen molar-refractivity contribution >= 4 is 23.7 Å². The van der Waals surface area contributed by atoms with Gasteiger partial charge >= 0.3 is 11.9 Å². The Morgan fingerprint density at radius 1 is 0.760 bits per heavy atom. The highest BCUT2D eigenvalue weighted by Gasteiger charge is 2.25. The highest BCUT2D eigenvalue weighted by molar-refractivity contribution is 7.99. The molecule has 0 spiro atoms. The lowest BCUT2D eigenvalue weighted by atomic mass is 9.98. The molecule has 25 heavy (non-hydrogen) atoms. The molecule has 9 heteroatoms. The second-order valence-corrected chi connectivity index (χ2v) is 6.03. The first kappa shape index (κ1) is 18.3. The quantitative estimate of drug-likeness (QED) is 0.437. The summed E-state index contributed by atoms with van der Waals surface area (Å²) in [5.41, 5.74) is -0.802. The number of rotatable bonds is 5. The van der Waals surface area contributed by atoms with Crippen LogP contribution in [0.25, 0.3) is 0 Å². The molecule has 0 saturated heterocycles. The largest absolute Gasteiger partial charge is 0.508 e. The standard InChI is InChI=1S/C16H14O8S/c1-25-14(6-2-12(19)8(15(21)22)4-10(6)17)7-3-13(20)9(16(23)24)5-11(7)18/h2-5,14,17-20H,1H3,(H,21,22)(H,23,24).